The zero-order valence-corrected chi connectivity index (χ0v) is 12.6. The molecule has 4 rings (SSSR count). The SMILES string of the molecule is O=C(c1cccs1)N1CCc2cc3cccc(Cl)c3nc21. The van der Waals surface area contributed by atoms with Gasteiger partial charge in [-0.05, 0) is 35.6 Å². The van der Waals surface area contributed by atoms with Crippen molar-refractivity contribution in [3.63, 3.8) is 0 Å². The number of hydrogen-bond donors (Lipinski definition) is 0. The second-order valence-electron chi connectivity index (χ2n) is 4.97. The number of thiophene rings is 1. The van der Waals surface area contributed by atoms with Crippen LogP contribution in [0.5, 0.6) is 0 Å². The number of nitrogens with zero attached hydrogens (tertiary/aromatic N) is 2. The van der Waals surface area contributed by atoms with Gasteiger partial charge >= 0.3 is 0 Å². The van der Waals surface area contributed by atoms with Crippen molar-refractivity contribution in [3.05, 3.63) is 57.2 Å². The Labute approximate surface area is 130 Å². The molecule has 3 aromatic rings. The highest BCUT2D eigenvalue weighted by atomic mass is 35.5. The molecule has 104 valence electrons. The van der Waals surface area contributed by atoms with Gasteiger partial charge in [0.25, 0.3) is 5.91 Å². The summed E-state index contributed by atoms with van der Waals surface area (Å²) in [6.45, 7) is 0.674. The van der Waals surface area contributed by atoms with E-state index in [1.54, 1.807) is 4.90 Å². The normalized spacial score (nSPS) is 13.7. The van der Waals surface area contributed by atoms with E-state index in [0.717, 1.165) is 33.6 Å². The maximum absolute atomic E-state index is 12.6. The van der Waals surface area contributed by atoms with Crippen molar-refractivity contribution in [2.45, 2.75) is 6.42 Å². The highest BCUT2D eigenvalue weighted by molar-refractivity contribution is 7.12. The molecule has 0 aliphatic carbocycles. The smallest absolute Gasteiger partial charge is 0.269 e. The van der Waals surface area contributed by atoms with Crippen LogP contribution < -0.4 is 4.90 Å². The molecule has 0 spiro atoms. The zero-order valence-electron chi connectivity index (χ0n) is 11.0. The molecule has 0 N–H and O–H groups in total. The third-order valence-electron chi connectivity index (χ3n) is 3.69. The molecule has 1 amide bonds. The van der Waals surface area contributed by atoms with E-state index < -0.39 is 0 Å². The first-order valence-corrected chi connectivity index (χ1v) is 7.93. The van der Waals surface area contributed by atoms with Gasteiger partial charge in [-0.1, -0.05) is 29.8 Å². The highest BCUT2D eigenvalue weighted by Gasteiger charge is 2.28. The van der Waals surface area contributed by atoms with Crippen molar-refractivity contribution in [3.8, 4) is 0 Å². The average molecular weight is 315 g/mol. The third-order valence-corrected chi connectivity index (χ3v) is 4.85. The molecule has 5 heteroatoms. The van der Waals surface area contributed by atoms with Gasteiger partial charge in [-0.2, -0.15) is 0 Å². The van der Waals surface area contributed by atoms with E-state index in [1.165, 1.54) is 11.3 Å². The number of aromatic nitrogens is 1. The van der Waals surface area contributed by atoms with Gasteiger partial charge in [0.15, 0.2) is 0 Å². The molecule has 3 heterocycles. The lowest BCUT2D eigenvalue weighted by Crippen LogP contribution is -2.28. The zero-order chi connectivity index (χ0) is 14.4. The number of carbonyl (C=O) groups is 1. The number of pyridine rings is 1. The van der Waals surface area contributed by atoms with Crippen LogP contribution in [0.25, 0.3) is 10.9 Å². The van der Waals surface area contributed by atoms with E-state index in [-0.39, 0.29) is 5.91 Å². The molecule has 2 aromatic heterocycles. The van der Waals surface area contributed by atoms with Gasteiger partial charge < -0.3 is 0 Å². The van der Waals surface area contributed by atoms with Gasteiger partial charge in [-0.3, -0.25) is 9.69 Å². The van der Waals surface area contributed by atoms with E-state index in [2.05, 4.69) is 11.1 Å². The Morgan fingerprint density at radius 2 is 2.19 bits per heavy atom. The van der Waals surface area contributed by atoms with Crippen LogP contribution in [0.3, 0.4) is 0 Å². The minimum absolute atomic E-state index is 0.0163. The summed E-state index contributed by atoms with van der Waals surface area (Å²) in [6, 6.07) is 11.6. The number of benzene rings is 1. The van der Waals surface area contributed by atoms with E-state index >= 15 is 0 Å². The largest absolute Gasteiger partial charge is 0.291 e. The Balaban J connectivity index is 1.84. The van der Waals surface area contributed by atoms with E-state index in [4.69, 9.17) is 11.6 Å². The van der Waals surface area contributed by atoms with Crippen molar-refractivity contribution in [1.29, 1.82) is 0 Å². The number of anilines is 1. The molecule has 0 bridgehead atoms. The predicted molar refractivity (Wildman–Crippen MR) is 86.5 cm³/mol. The van der Waals surface area contributed by atoms with Crippen LogP contribution in [-0.4, -0.2) is 17.4 Å². The van der Waals surface area contributed by atoms with E-state index in [9.17, 15) is 4.79 Å². The van der Waals surface area contributed by atoms with E-state index in [0.29, 0.717) is 11.6 Å². The molecule has 0 saturated carbocycles. The van der Waals surface area contributed by atoms with Crippen LogP contribution in [0, 0.1) is 0 Å². The highest BCUT2D eigenvalue weighted by Crippen LogP contribution is 2.33. The predicted octanol–water partition coefficient (Wildman–Crippen LogP) is 4.15. The monoisotopic (exact) mass is 314 g/mol. The molecular weight excluding hydrogens is 304 g/mol. The molecule has 0 radical (unpaired) electrons. The first kappa shape index (κ1) is 12.8. The van der Waals surface area contributed by atoms with Gasteiger partial charge in [-0.15, -0.1) is 11.3 Å². The molecule has 0 atom stereocenters. The van der Waals surface area contributed by atoms with Gasteiger partial charge in [0.05, 0.1) is 15.4 Å². The van der Waals surface area contributed by atoms with Gasteiger partial charge in [0.1, 0.15) is 5.82 Å². The maximum atomic E-state index is 12.6. The molecule has 1 aliphatic heterocycles. The number of carbonyl (C=O) groups excluding carboxylic acids is 1. The summed E-state index contributed by atoms with van der Waals surface area (Å²) in [5, 5.41) is 3.55. The van der Waals surface area contributed by atoms with Gasteiger partial charge in [-0.25, -0.2) is 4.98 Å². The van der Waals surface area contributed by atoms with Crippen LogP contribution in [-0.2, 0) is 6.42 Å². The summed E-state index contributed by atoms with van der Waals surface area (Å²) in [5.41, 5.74) is 1.86. The minimum Gasteiger partial charge on any atom is -0.291 e. The molecule has 1 aromatic carbocycles. The fourth-order valence-corrected chi connectivity index (χ4v) is 3.58. The van der Waals surface area contributed by atoms with Gasteiger partial charge in [0, 0.05) is 11.9 Å². The second kappa shape index (κ2) is 4.83. The maximum Gasteiger partial charge on any atom is 0.269 e. The fraction of sp³-hybridized carbons (Fsp3) is 0.125. The quantitative estimate of drug-likeness (QED) is 0.676. The second-order valence-corrected chi connectivity index (χ2v) is 6.32. The van der Waals surface area contributed by atoms with Crippen LogP contribution in [0.2, 0.25) is 5.02 Å². The Morgan fingerprint density at radius 1 is 1.29 bits per heavy atom. The lowest BCUT2D eigenvalue weighted by Gasteiger charge is -2.15. The molecule has 0 saturated heterocycles. The van der Waals surface area contributed by atoms with Crippen molar-refractivity contribution in [1.82, 2.24) is 4.98 Å². The molecule has 1 aliphatic rings. The Hall–Kier alpha value is -1.91. The molecule has 3 nitrogen and oxygen atoms in total. The molecule has 0 unspecified atom stereocenters. The molecule has 0 fully saturated rings. The number of rotatable bonds is 1. The number of halogens is 1. The topological polar surface area (TPSA) is 33.2 Å². The summed E-state index contributed by atoms with van der Waals surface area (Å²) in [4.78, 5) is 19.7. The summed E-state index contributed by atoms with van der Waals surface area (Å²) in [7, 11) is 0. The minimum atomic E-state index is 0.0163. The van der Waals surface area contributed by atoms with Crippen LogP contribution in [0.1, 0.15) is 15.2 Å². The van der Waals surface area contributed by atoms with Crippen LogP contribution in [0.4, 0.5) is 5.82 Å². The molecule has 21 heavy (non-hydrogen) atoms. The summed E-state index contributed by atoms with van der Waals surface area (Å²) in [6.07, 6.45) is 0.835. The third kappa shape index (κ3) is 2.03. The average Bonchev–Trinajstić information content (AvgIpc) is 3.15. The summed E-state index contributed by atoms with van der Waals surface area (Å²) < 4.78 is 0. The number of hydrogen-bond acceptors (Lipinski definition) is 3. The fourth-order valence-electron chi connectivity index (χ4n) is 2.68. The first-order valence-electron chi connectivity index (χ1n) is 6.67. The van der Waals surface area contributed by atoms with Crippen molar-refractivity contribution < 1.29 is 4.79 Å². The Kier molecular flexibility index (Phi) is 2.94. The van der Waals surface area contributed by atoms with Crippen molar-refractivity contribution in [2.75, 3.05) is 11.4 Å². The lowest BCUT2D eigenvalue weighted by atomic mass is 10.1. The van der Waals surface area contributed by atoms with Crippen LogP contribution in [0.15, 0.2) is 41.8 Å². The Bertz CT molecular complexity index is 845. The first-order chi connectivity index (χ1) is 10.2. The molecular formula is C16H11ClN2OS. The lowest BCUT2D eigenvalue weighted by molar-refractivity contribution is 0.0992. The number of amides is 1. The summed E-state index contributed by atoms with van der Waals surface area (Å²) in [5.74, 6) is 0.761. The standard InChI is InChI=1S/C16H11ClN2OS/c17-12-4-1-3-10-9-11-6-7-19(15(11)18-14(10)12)16(20)13-5-2-8-21-13/h1-5,8-9H,6-7H2. The van der Waals surface area contributed by atoms with E-state index in [1.807, 2.05) is 35.7 Å². The number of para-hydroxylation sites is 1. The van der Waals surface area contributed by atoms with Gasteiger partial charge in [0.2, 0.25) is 0 Å². The Morgan fingerprint density at radius 3 is 3.00 bits per heavy atom. The van der Waals surface area contributed by atoms with Crippen molar-refractivity contribution in [2.24, 2.45) is 0 Å². The van der Waals surface area contributed by atoms with Crippen molar-refractivity contribution >= 4 is 45.6 Å². The summed E-state index contributed by atoms with van der Waals surface area (Å²) >= 11 is 7.68. The number of fused-ring (bicyclic) bond motifs is 2. The van der Waals surface area contributed by atoms with Crippen LogP contribution >= 0.6 is 22.9 Å².